The zero-order valence-corrected chi connectivity index (χ0v) is 23.9. The molecular formula is C23H27Cl2F3N8O3S. The highest BCUT2D eigenvalue weighted by Crippen LogP contribution is 2.34. The van der Waals surface area contributed by atoms with E-state index in [1.165, 1.54) is 11.8 Å². The Labute approximate surface area is 242 Å². The molecule has 0 saturated carbocycles. The van der Waals surface area contributed by atoms with Gasteiger partial charge < -0.3 is 25.4 Å². The normalized spacial score (nSPS) is 13.9. The Morgan fingerprint density at radius 1 is 1.20 bits per heavy atom. The molecular weight excluding hydrogens is 596 g/mol. The van der Waals surface area contributed by atoms with Crippen molar-refractivity contribution in [1.82, 2.24) is 24.1 Å². The van der Waals surface area contributed by atoms with Gasteiger partial charge in [-0.05, 0) is 30.9 Å². The Hall–Kier alpha value is -3.01. The van der Waals surface area contributed by atoms with Crippen LogP contribution in [0.4, 0.5) is 24.5 Å². The Bertz CT molecular complexity index is 1470. The molecule has 3 aromatic rings. The first-order valence-corrected chi connectivity index (χ1v) is 13.5. The highest BCUT2D eigenvalue weighted by atomic mass is 35.5. The summed E-state index contributed by atoms with van der Waals surface area (Å²) in [5.74, 6) is -0.622. The van der Waals surface area contributed by atoms with Gasteiger partial charge in [-0.3, -0.25) is 14.4 Å². The number of thioether (sulfide) groups is 1. The van der Waals surface area contributed by atoms with Gasteiger partial charge in [0.2, 0.25) is 22.7 Å². The maximum absolute atomic E-state index is 13.6. The molecule has 3 N–H and O–H groups in total. The van der Waals surface area contributed by atoms with E-state index in [0.29, 0.717) is 49.1 Å². The maximum atomic E-state index is 13.6. The quantitative estimate of drug-likeness (QED) is 0.384. The first kappa shape index (κ1) is 31.5. The first-order chi connectivity index (χ1) is 18.5. The van der Waals surface area contributed by atoms with E-state index in [4.69, 9.17) is 17.3 Å². The number of hydrogen-bond acceptors (Lipinski definition) is 8. The molecule has 218 valence electrons. The van der Waals surface area contributed by atoms with Crippen LogP contribution in [0.2, 0.25) is 5.02 Å². The van der Waals surface area contributed by atoms with Crippen molar-refractivity contribution in [2.75, 3.05) is 49.2 Å². The van der Waals surface area contributed by atoms with E-state index in [9.17, 15) is 27.6 Å². The number of carbonyl (C=O) groups is 2. The lowest BCUT2D eigenvalue weighted by atomic mass is 10.2. The van der Waals surface area contributed by atoms with Crippen LogP contribution in [0.5, 0.6) is 0 Å². The van der Waals surface area contributed by atoms with Crippen molar-refractivity contribution in [3.8, 4) is 0 Å². The smallest absolute Gasteiger partial charge is 0.362 e. The van der Waals surface area contributed by atoms with Crippen molar-refractivity contribution in [2.45, 2.75) is 31.2 Å². The van der Waals surface area contributed by atoms with E-state index in [2.05, 4.69) is 15.4 Å². The molecule has 2 aromatic heterocycles. The third-order valence-corrected chi connectivity index (χ3v) is 7.17. The number of nitrogens with one attached hydrogen (secondary N) is 1. The average molecular weight is 623 g/mol. The predicted molar refractivity (Wildman–Crippen MR) is 149 cm³/mol. The summed E-state index contributed by atoms with van der Waals surface area (Å²) in [6.45, 7) is 2.90. The fourth-order valence-electron chi connectivity index (χ4n) is 4.43. The largest absolute Gasteiger partial charge is 0.416 e. The zero-order chi connectivity index (χ0) is 28.5. The number of anilines is 2. The molecule has 0 unspecified atom stereocenters. The summed E-state index contributed by atoms with van der Waals surface area (Å²) in [7, 11) is 0. The Kier molecular flexibility index (Phi) is 9.98. The number of nitrogens with zero attached hydrogens (tertiary/aromatic N) is 6. The molecule has 1 aliphatic heterocycles. The summed E-state index contributed by atoms with van der Waals surface area (Å²) >= 11 is 7.24. The number of rotatable bonds is 7. The van der Waals surface area contributed by atoms with E-state index in [1.807, 2.05) is 11.8 Å². The van der Waals surface area contributed by atoms with Gasteiger partial charge in [0, 0.05) is 26.2 Å². The minimum Gasteiger partial charge on any atom is -0.362 e. The van der Waals surface area contributed by atoms with E-state index >= 15 is 0 Å². The summed E-state index contributed by atoms with van der Waals surface area (Å²) in [5, 5.41) is 6.88. The van der Waals surface area contributed by atoms with Crippen LogP contribution in [0.1, 0.15) is 18.2 Å². The van der Waals surface area contributed by atoms with Crippen molar-refractivity contribution >= 4 is 64.7 Å². The summed E-state index contributed by atoms with van der Waals surface area (Å²) in [6.07, 6.45) is -2.47. The van der Waals surface area contributed by atoms with E-state index in [1.54, 1.807) is 15.7 Å². The van der Waals surface area contributed by atoms with Crippen LogP contribution in [-0.4, -0.2) is 74.9 Å². The van der Waals surface area contributed by atoms with Gasteiger partial charge in [-0.25, -0.2) is 0 Å². The van der Waals surface area contributed by atoms with Crippen LogP contribution in [0.3, 0.4) is 0 Å². The summed E-state index contributed by atoms with van der Waals surface area (Å²) in [5.41, 5.74) is 5.01. The van der Waals surface area contributed by atoms with Crippen molar-refractivity contribution in [3.05, 3.63) is 44.8 Å². The van der Waals surface area contributed by atoms with Gasteiger partial charge in [0.1, 0.15) is 12.2 Å². The zero-order valence-electron chi connectivity index (χ0n) is 21.5. The molecule has 0 spiro atoms. The topological polar surface area (TPSA) is 131 Å². The molecule has 0 atom stereocenters. The SMILES string of the molecule is CCc1c(N2CCN(C(=O)CN)CC2)c(=O)n2nc(SC)nc2n1CC(=O)Nc1ccc(C(F)(F)F)cc1Cl.Cl. The van der Waals surface area contributed by atoms with Crippen molar-refractivity contribution in [2.24, 2.45) is 5.73 Å². The lowest BCUT2D eigenvalue weighted by Gasteiger charge is -2.36. The number of alkyl halides is 3. The van der Waals surface area contributed by atoms with Gasteiger partial charge in [-0.2, -0.15) is 22.7 Å². The lowest BCUT2D eigenvalue weighted by Crippen LogP contribution is -2.52. The number of aromatic nitrogens is 4. The molecule has 4 rings (SSSR count). The number of amides is 2. The minimum absolute atomic E-state index is 0. The molecule has 0 bridgehead atoms. The molecule has 0 aliphatic carbocycles. The van der Waals surface area contributed by atoms with E-state index < -0.39 is 23.2 Å². The van der Waals surface area contributed by atoms with Crippen molar-refractivity contribution in [3.63, 3.8) is 0 Å². The van der Waals surface area contributed by atoms with Crippen LogP contribution >= 0.6 is 35.8 Å². The molecule has 1 aromatic carbocycles. The number of benzene rings is 1. The van der Waals surface area contributed by atoms with E-state index in [-0.39, 0.29) is 47.9 Å². The van der Waals surface area contributed by atoms with Gasteiger partial charge in [-0.1, -0.05) is 30.3 Å². The maximum Gasteiger partial charge on any atom is 0.416 e. The second-order valence-corrected chi connectivity index (χ2v) is 9.84. The average Bonchev–Trinajstić information content (AvgIpc) is 3.35. The second kappa shape index (κ2) is 12.7. The molecule has 40 heavy (non-hydrogen) atoms. The Morgan fingerprint density at radius 2 is 1.88 bits per heavy atom. The van der Waals surface area contributed by atoms with Crippen LogP contribution in [-0.2, 0) is 28.7 Å². The molecule has 1 saturated heterocycles. The molecule has 1 fully saturated rings. The molecule has 3 heterocycles. The van der Waals surface area contributed by atoms with Crippen molar-refractivity contribution < 1.29 is 22.8 Å². The number of hydrogen-bond donors (Lipinski definition) is 2. The summed E-state index contributed by atoms with van der Waals surface area (Å²) < 4.78 is 41.7. The fraction of sp³-hybridized carbons (Fsp3) is 0.435. The van der Waals surface area contributed by atoms with Gasteiger partial charge in [0.15, 0.2) is 0 Å². The number of halogens is 5. The lowest BCUT2D eigenvalue weighted by molar-refractivity contribution is -0.137. The fourth-order valence-corrected chi connectivity index (χ4v) is 5.00. The molecule has 0 radical (unpaired) electrons. The van der Waals surface area contributed by atoms with Crippen LogP contribution in [0, 0.1) is 0 Å². The Morgan fingerprint density at radius 3 is 2.42 bits per heavy atom. The molecule has 2 amide bonds. The standard InChI is InChI=1S/C23H26ClF3N8O3S.ClH/c1-3-16-19(33-8-6-32(7-9-33)18(37)11-28)20(38)35-22(30-21(31-35)39-2)34(16)12-17(36)29-15-5-4-13(10-14(15)24)23(25,26)27;/h4-5,10H,3,6-9,11-12,28H2,1-2H3,(H,29,36);1H. The monoisotopic (exact) mass is 622 g/mol. The summed E-state index contributed by atoms with van der Waals surface area (Å²) in [6, 6.07) is 2.65. The molecule has 11 nitrogen and oxygen atoms in total. The molecule has 17 heteroatoms. The number of carbonyl (C=O) groups excluding carboxylic acids is 2. The van der Waals surface area contributed by atoms with Crippen LogP contribution in [0.15, 0.2) is 28.2 Å². The highest BCUT2D eigenvalue weighted by Gasteiger charge is 2.31. The van der Waals surface area contributed by atoms with Gasteiger partial charge >= 0.3 is 6.18 Å². The minimum atomic E-state index is -4.58. The first-order valence-electron chi connectivity index (χ1n) is 11.9. The van der Waals surface area contributed by atoms with E-state index in [0.717, 1.165) is 22.7 Å². The number of nitrogens with two attached hydrogens (primary N) is 1. The summed E-state index contributed by atoms with van der Waals surface area (Å²) in [4.78, 5) is 46.6. The third-order valence-electron chi connectivity index (χ3n) is 6.32. The van der Waals surface area contributed by atoms with Gasteiger partial charge in [-0.15, -0.1) is 17.5 Å². The second-order valence-electron chi connectivity index (χ2n) is 8.66. The van der Waals surface area contributed by atoms with Crippen molar-refractivity contribution in [1.29, 1.82) is 0 Å². The number of fused-ring (bicyclic) bond motifs is 1. The third kappa shape index (κ3) is 6.32. The molecule has 1 aliphatic rings. The highest BCUT2D eigenvalue weighted by molar-refractivity contribution is 7.98. The number of piperazine rings is 1. The van der Waals surface area contributed by atoms with Crippen LogP contribution < -0.4 is 21.5 Å². The predicted octanol–water partition coefficient (Wildman–Crippen LogP) is 2.52. The van der Waals surface area contributed by atoms with Gasteiger partial charge in [0.05, 0.1) is 28.5 Å². The Balaban J connectivity index is 0.00000441. The van der Waals surface area contributed by atoms with Gasteiger partial charge in [0.25, 0.3) is 5.56 Å². The van der Waals surface area contributed by atoms with Crippen LogP contribution in [0.25, 0.3) is 5.78 Å².